The van der Waals surface area contributed by atoms with E-state index in [-0.39, 0.29) is 11.7 Å². The van der Waals surface area contributed by atoms with E-state index in [0.29, 0.717) is 11.1 Å². The summed E-state index contributed by atoms with van der Waals surface area (Å²) in [4.78, 5) is 25.5. The number of aryl methyl sites for hydroxylation is 1. The average Bonchev–Trinajstić information content (AvgIpc) is 2.73. The van der Waals surface area contributed by atoms with Gasteiger partial charge in [0.1, 0.15) is 11.4 Å². The van der Waals surface area contributed by atoms with Crippen LogP contribution in [-0.2, 0) is 12.8 Å². The number of hydrogen-bond acceptors (Lipinski definition) is 4. The summed E-state index contributed by atoms with van der Waals surface area (Å²) in [6.45, 7) is 8.06. The van der Waals surface area contributed by atoms with E-state index in [2.05, 4.69) is 13.0 Å². The minimum atomic E-state index is -0.449. The number of benzene rings is 1. The Bertz CT molecular complexity index is 1020. The molecule has 142 valence electrons. The molecule has 0 amide bonds. The zero-order valence-electron chi connectivity index (χ0n) is 16.5. The van der Waals surface area contributed by atoms with Crippen molar-refractivity contribution in [3.8, 4) is 5.75 Å². The van der Waals surface area contributed by atoms with Gasteiger partial charge in [0, 0.05) is 17.5 Å². The van der Waals surface area contributed by atoms with E-state index in [9.17, 15) is 9.59 Å². The van der Waals surface area contributed by atoms with Gasteiger partial charge < -0.3 is 9.15 Å². The first-order valence-corrected chi connectivity index (χ1v) is 9.90. The largest absolute Gasteiger partial charge is 0.482 e. The highest BCUT2D eigenvalue weighted by Crippen LogP contribution is 2.45. The Morgan fingerprint density at radius 3 is 2.78 bits per heavy atom. The number of Topliss-reactive ketones (excluding diaryl/α,β-unsaturated/α-hetero) is 1. The van der Waals surface area contributed by atoms with Crippen LogP contribution in [-0.4, -0.2) is 11.4 Å². The van der Waals surface area contributed by atoms with Crippen LogP contribution in [0, 0.1) is 5.92 Å². The zero-order chi connectivity index (χ0) is 19.3. The van der Waals surface area contributed by atoms with E-state index in [0.717, 1.165) is 59.9 Å². The molecule has 1 aliphatic heterocycles. The van der Waals surface area contributed by atoms with E-state index in [1.165, 1.54) is 0 Å². The van der Waals surface area contributed by atoms with Crippen LogP contribution in [0.4, 0.5) is 0 Å². The molecule has 0 saturated heterocycles. The minimum Gasteiger partial charge on any atom is -0.482 e. The Kier molecular flexibility index (Phi) is 4.25. The van der Waals surface area contributed by atoms with Gasteiger partial charge in [-0.3, -0.25) is 4.79 Å². The molecule has 0 radical (unpaired) electrons. The highest BCUT2D eigenvalue weighted by molar-refractivity contribution is 6.12. The normalized spacial score (nSPS) is 20.7. The molecule has 1 aromatic heterocycles. The van der Waals surface area contributed by atoms with Crippen LogP contribution >= 0.6 is 0 Å². The van der Waals surface area contributed by atoms with Gasteiger partial charge in [-0.25, -0.2) is 4.79 Å². The average molecular weight is 366 g/mol. The number of carbonyl (C=O) groups is 1. The van der Waals surface area contributed by atoms with Crippen LogP contribution in [0.3, 0.4) is 0 Å². The number of rotatable bonds is 2. The zero-order valence-corrected chi connectivity index (χ0v) is 16.5. The van der Waals surface area contributed by atoms with Crippen LogP contribution in [0.1, 0.15) is 74.0 Å². The molecule has 1 atom stereocenters. The molecule has 2 aromatic rings. The maximum Gasteiger partial charge on any atom is 0.336 e. The molecule has 27 heavy (non-hydrogen) atoms. The Labute approximate surface area is 159 Å². The second-order valence-corrected chi connectivity index (χ2v) is 8.34. The fourth-order valence-corrected chi connectivity index (χ4v) is 4.32. The predicted molar refractivity (Wildman–Crippen MR) is 107 cm³/mol. The lowest BCUT2D eigenvalue weighted by molar-refractivity contribution is 0.0927. The number of ketones is 1. The van der Waals surface area contributed by atoms with Crippen molar-refractivity contribution < 1.29 is 13.9 Å². The summed E-state index contributed by atoms with van der Waals surface area (Å²) in [5.41, 5.74) is 3.01. The minimum absolute atomic E-state index is 0.0717. The van der Waals surface area contributed by atoms with Gasteiger partial charge in [-0.05, 0) is 56.7 Å². The molecular weight excluding hydrogens is 340 g/mol. The van der Waals surface area contributed by atoms with Gasteiger partial charge in [0.2, 0.25) is 0 Å². The Morgan fingerprint density at radius 2 is 2.04 bits per heavy atom. The van der Waals surface area contributed by atoms with Crippen molar-refractivity contribution in [3.05, 3.63) is 44.8 Å². The summed E-state index contributed by atoms with van der Waals surface area (Å²) in [7, 11) is 0. The van der Waals surface area contributed by atoms with Crippen molar-refractivity contribution in [3.63, 3.8) is 0 Å². The van der Waals surface area contributed by atoms with Crippen LogP contribution in [0.15, 0.2) is 21.4 Å². The third kappa shape index (κ3) is 2.91. The van der Waals surface area contributed by atoms with Gasteiger partial charge in [0.05, 0.1) is 10.9 Å². The van der Waals surface area contributed by atoms with E-state index in [4.69, 9.17) is 9.15 Å². The smallest absolute Gasteiger partial charge is 0.336 e. The van der Waals surface area contributed by atoms with E-state index in [1.54, 1.807) is 6.07 Å². The molecule has 1 aromatic carbocycles. The van der Waals surface area contributed by atoms with Crippen molar-refractivity contribution in [1.29, 1.82) is 0 Å². The Morgan fingerprint density at radius 1 is 1.26 bits per heavy atom. The van der Waals surface area contributed by atoms with Crippen LogP contribution < -0.4 is 10.4 Å². The molecule has 0 bridgehead atoms. The van der Waals surface area contributed by atoms with Crippen LogP contribution in [0.2, 0.25) is 0 Å². The number of fused-ring (bicyclic) bond motifs is 6. The fraction of sp³-hybridized carbons (Fsp3) is 0.478. The van der Waals surface area contributed by atoms with Gasteiger partial charge in [-0.15, -0.1) is 0 Å². The third-order valence-corrected chi connectivity index (χ3v) is 5.66. The van der Waals surface area contributed by atoms with Gasteiger partial charge in [-0.1, -0.05) is 26.3 Å². The first-order valence-electron chi connectivity index (χ1n) is 9.90. The standard InChI is InChI=1S/C23H26O4/c1-5-7-14-12-17(24)26-22-18(14)21-16(10-11-23(3,4)27-21)15-9-6-8-13(2)20(25)19(15)22/h10-13H,5-9H2,1-4H3. The maximum atomic E-state index is 13.2. The highest BCUT2D eigenvalue weighted by Gasteiger charge is 2.34. The molecule has 4 heteroatoms. The second kappa shape index (κ2) is 6.36. The summed E-state index contributed by atoms with van der Waals surface area (Å²) in [6, 6.07) is 1.55. The molecule has 0 spiro atoms. The molecule has 0 saturated carbocycles. The molecule has 4 rings (SSSR count). The van der Waals surface area contributed by atoms with Crippen molar-refractivity contribution in [2.75, 3.05) is 0 Å². The third-order valence-electron chi connectivity index (χ3n) is 5.66. The SMILES string of the molecule is CCCc1cc(=O)oc2c3c(c4c(c12)OC(C)(C)C=C4)CCCC(C)C3=O. The number of hydrogen-bond donors (Lipinski definition) is 0. The molecular formula is C23H26O4. The fourth-order valence-electron chi connectivity index (χ4n) is 4.32. The van der Waals surface area contributed by atoms with Crippen molar-refractivity contribution >= 4 is 22.8 Å². The summed E-state index contributed by atoms with van der Waals surface area (Å²) < 4.78 is 12.0. The lowest BCUT2D eigenvalue weighted by Gasteiger charge is -2.31. The van der Waals surface area contributed by atoms with Gasteiger partial charge in [-0.2, -0.15) is 0 Å². The molecule has 2 aliphatic rings. The lowest BCUT2D eigenvalue weighted by Crippen LogP contribution is -2.28. The quantitative estimate of drug-likeness (QED) is 0.549. The van der Waals surface area contributed by atoms with E-state index >= 15 is 0 Å². The summed E-state index contributed by atoms with van der Waals surface area (Å²) in [5.74, 6) is 0.758. The second-order valence-electron chi connectivity index (χ2n) is 8.34. The van der Waals surface area contributed by atoms with Crippen molar-refractivity contribution in [1.82, 2.24) is 0 Å². The molecule has 0 N–H and O–H groups in total. The molecule has 4 nitrogen and oxygen atoms in total. The van der Waals surface area contributed by atoms with Crippen LogP contribution in [0.25, 0.3) is 17.0 Å². The molecule has 1 unspecified atom stereocenters. The number of ether oxygens (including phenoxy) is 1. The van der Waals surface area contributed by atoms with Gasteiger partial charge in [0.15, 0.2) is 11.4 Å². The highest BCUT2D eigenvalue weighted by atomic mass is 16.5. The monoisotopic (exact) mass is 366 g/mol. The lowest BCUT2D eigenvalue weighted by atomic mass is 9.87. The predicted octanol–water partition coefficient (Wildman–Crippen LogP) is 5.08. The summed E-state index contributed by atoms with van der Waals surface area (Å²) >= 11 is 0. The first kappa shape index (κ1) is 18.0. The summed E-state index contributed by atoms with van der Waals surface area (Å²) in [6.07, 6.45) is 8.34. The number of carbonyl (C=O) groups excluding carboxylic acids is 1. The summed E-state index contributed by atoms with van der Waals surface area (Å²) in [5, 5.41) is 0.796. The van der Waals surface area contributed by atoms with E-state index < -0.39 is 11.2 Å². The van der Waals surface area contributed by atoms with Crippen molar-refractivity contribution in [2.45, 2.75) is 65.4 Å². The van der Waals surface area contributed by atoms with Crippen molar-refractivity contribution in [2.24, 2.45) is 5.92 Å². The van der Waals surface area contributed by atoms with Gasteiger partial charge in [0.25, 0.3) is 0 Å². The molecule has 0 fully saturated rings. The first-order chi connectivity index (χ1) is 12.8. The topological polar surface area (TPSA) is 56.5 Å². The maximum absolute atomic E-state index is 13.2. The van der Waals surface area contributed by atoms with E-state index in [1.807, 2.05) is 26.8 Å². The Balaban J connectivity index is 2.19. The van der Waals surface area contributed by atoms with Crippen LogP contribution in [0.5, 0.6) is 5.75 Å². The van der Waals surface area contributed by atoms with Gasteiger partial charge >= 0.3 is 5.63 Å². The molecule has 2 heterocycles. The Hall–Kier alpha value is -2.36. The molecule has 1 aliphatic carbocycles.